The second kappa shape index (κ2) is 17.4. The number of hydrogen-bond acceptors (Lipinski definition) is 7. The van der Waals surface area contributed by atoms with Crippen LogP contribution in [-0.2, 0) is 38.4 Å². The monoisotopic (exact) mass is 684 g/mol. The first-order valence-corrected chi connectivity index (χ1v) is 17.8. The van der Waals surface area contributed by atoms with E-state index >= 15 is 4.39 Å². The van der Waals surface area contributed by atoms with Crippen molar-refractivity contribution in [2.75, 3.05) is 6.61 Å². The molecule has 0 bridgehead atoms. The molecule has 0 unspecified atom stereocenters. The molecule has 9 heteroatoms. The summed E-state index contributed by atoms with van der Waals surface area (Å²) in [5.41, 5.74) is 5.38. The molecule has 0 amide bonds. The van der Waals surface area contributed by atoms with Gasteiger partial charge in [-0.3, -0.25) is 4.79 Å². The normalized spacial score (nSPS) is 20.4. The zero-order valence-corrected chi connectivity index (χ0v) is 29.7. The number of aromatic nitrogens is 2. The lowest BCUT2D eigenvalue weighted by atomic mass is 9.90. The summed E-state index contributed by atoms with van der Waals surface area (Å²) in [5.74, 6) is -0.846. The summed E-state index contributed by atoms with van der Waals surface area (Å²) < 4.78 is 41.7. The second-order valence-electron chi connectivity index (χ2n) is 13.2. The Morgan fingerprint density at radius 2 is 1.58 bits per heavy atom. The fourth-order valence-corrected chi connectivity index (χ4v) is 6.37. The van der Waals surface area contributed by atoms with Gasteiger partial charge in [0, 0.05) is 24.3 Å². The highest BCUT2D eigenvalue weighted by atomic mass is 19.1. The van der Waals surface area contributed by atoms with Crippen LogP contribution in [-0.4, -0.2) is 53.0 Å². The van der Waals surface area contributed by atoms with Crippen molar-refractivity contribution < 1.29 is 32.9 Å². The van der Waals surface area contributed by atoms with Crippen molar-refractivity contribution in [3.05, 3.63) is 118 Å². The Labute approximate surface area is 294 Å². The number of hydrogen-bond donors (Lipinski definition) is 0. The van der Waals surface area contributed by atoms with Gasteiger partial charge in [0.05, 0.1) is 30.5 Å². The van der Waals surface area contributed by atoms with E-state index in [0.29, 0.717) is 50.3 Å². The zero-order chi connectivity index (χ0) is 35.6. The van der Waals surface area contributed by atoms with Gasteiger partial charge in [0.1, 0.15) is 6.17 Å². The Morgan fingerprint density at radius 3 is 2.22 bits per heavy atom. The van der Waals surface area contributed by atoms with Crippen LogP contribution in [0, 0.1) is 5.92 Å². The Hall–Kier alpha value is -4.50. The van der Waals surface area contributed by atoms with E-state index in [1.54, 1.807) is 31.2 Å². The number of benzene rings is 3. The van der Waals surface area contributed by atoms with Gasteiger partial charge in [-0.05, 0) is 60.9 Å². The van der Waals surface area contributed by atoms with Crippen molar-refractivity contribution in [3.8, 4) is 5.88 Å². The number of alkyl halides is 1. The van der Waals surface area contributed by atoms with Crippen molar-refractivity contribution in [2.24, 2.45) is 5.92 Å². The molecule has 1 aliphatic heterocycles. The van der Waals surface area contributed by atoms with Gasteiger partial charge in [-0.2, -0.15) is 5.10 Å². The van der Waals surface area contributed by atoms with E-state index in [1.807, 2.05) is 54.9 Å². The molecule has 8 nitrogen and oxygen atoms in total. The number of rotatable bonds is 15. The van der Waals surface area contributed by atoms with Crippen LogP contribution < -0.4 is 4.74 Å². The SMILES string of the molecule is CCOC(=O)CCCc1ccc(Cc2c(C(C)C)nn(Cc3ccccc3)c2O[C@@H]2O[C@H](CC)[C@@H](F)[C@H](C)[C@H]2OC(=O)c2ccccc2)cc1. The number of nitrogens with zero attached hydrogens (tertiary/aromatic N) is 2. The van der Waals surface area contributed by atoms with E-state index in [4.69, 9.17) is 24.0 Å². The van der Waals surface area contributed by atoms with Crippen LogP contribution >= 0.6 is 0 Å². The summed E-state index contributed by atoms with van der Waals surface area (Å²) >= 11 is 0. The van der Waals surface area contributed by atoms with Crippen LogP contribution in [0.2, 0.25) is 0 Å². The number of esters is 2. The van der Waals surface area contributed by atoms with Gasteiger partial charge in [0.2, 0.25) is 12.2 Å². The topological polar surface area (TPSA) is 88.9 Å². The zero-order valence-electron chi connectivity index (χ0n) is 29.7. The van der Waals surface area contributed by atoms with Crippen LogP contribution in [0.4, 0.5) is 4.39 Å². The van der Waals surface area contributed by atoms with Crippen LogP contribution in [0.15, 0.2) is 84.9 Å². The molecule has 50 heavy (non-hydrogen) atoms. The van der Waals surface area contributed by atoms with Crippen molar-refractivity contribution in [1.29, 1.82) is 0 Å². The minimum Gasteiger partial charge on any atom is -0.466 e. The fourth-order valence-electron chi connectivity index (χ4n) is 6.37. The lowest BCUT2D eigenvalue weighted by Crippen LogP contribution is -2.55. The Kier molecular flexibility index (Phi) is 12.8. The van der Waals surface area contributed by atoms with Crippen LogP contribution in [0.25, 0.3) is 0 Å². The van der Waals surface area contributed by atoms with Crippen LogP contribution in [0.3, 0.4) is 0 Å². The molecule has 0 spiro atoms. The summed E-state index contributed by atoms with van der Waals surface area (Å²) in [6.07, 6.45) is -1.31. The van der Waals surface area contributed by atoms with Gasteiger partial charge >= 0.3 is 11.9 Å². The van der Waals surface area contributed by atoms with Crippen LogP contribution in [0.5, 0.6) is 5.88 Å². The van der Waals surface area contributed by atoms with Gasteiger partial charge in [0.25, 0.3) is 0 Å². The number of ether oxygens (including phenoxy) is 4. The van der Waals surface area contributed by atoms with E-state index in [-0.39, 0.29) is 11.9 Å². The molecule has 0 saturated carbocycles. The fraction of sp³-hybridized carbons (Fsp3) is 0.439. The molecule has 0 radical (unpaired) electrons. The number of halogens is 1. The third kappa shape index (κ3) is 9.18. The van der Waals surface area contributed by atoms with E-state index in [9.17, 15) is 9.59 Å². The molecule has 3 aromatic carbocycles. The molecule has 5 rings (SSSR count). The van der Waals surface area contributed by atoms with Gasteiger partial charge in [-0.1, -0.05) is 100 Å². The summed E-state index contributed by atoms with van der Waals surface area (Å²) in [6.45, 7) is 10.5. The molecular formula is C41H49FN2O6. The van der Waals surface area contributed by atoms with Gasteiger partial charge in [-0.25, -0.2) is 13.9 Å². The highest BCUT2D eigenvalue weighted by Crippen LogP contribution is 2.37. The molecular weight excluding hydrogens is 635 g/mol. The molecule has 266 valence electrons. The van der Waals surface area contributed by atoms with Crippen molar-refractivity contribution in [3.63, 3.8) is 0 Å². The highest BCUT2D eigenvalue weighted by Gasteiger charge is 2.47. The largest absolute Gasteiger partial charge is 0.466 e. The highest BCUT2D eigenvalue weighted by molar-refractivity contribution is 5.89. The van der Waals surface area contributed by atoms with Gasteiger partial charge < -0.3 is 18.9 Å². The smallest absolute Gasteiger partial charge is 0.338 e. The minimum absolute atomic E-state index is 0.0723. The second-order valence-corrected chi connectivity index (χ2v) is 13.2. The summed E-state index contributed by atoms with van der Waals surface area (Å²) in [5, 5.41) is 5.07. The van der Waals surface area contributed by atoms with Gasteiger partial charge in [0.15, 0.2) is 6.10 Å². The Balaban J connectivity index is 1.48. The minimum atomic E-state index is -1.34. The molecule has 4 aromatic rings. The predicted molar refractivity (Wildman–Crippen MR) is 190 cm³/mol. The van der Waals surface area contributed by atoms with E-state index in [2.05, 4.69) is 38.1 Å². The molecule has 1 fully saturated rings. The maximum absolute atomic E-state index is 15.7. The average molecular weight is 685 g/mol. The van der Waals surface area contributed by atoms with Crippen molar-refractivity contribution >= 4 is 11.9 Å². The van der Waals surface area contributed by atoms with Crippen molar-refractivity contribution in [1.82, 2.24) is 9.78 Å². The lowest BCUT2D eigenvalue weighted by molar-refractivity contribution is -0.244. The van der Waals surface area contributed by atoms with E-state index < -0.39 is 36.6 Å². The maximum atomic E-state index is 15.7. The summed E-state index contributed by atoms with van der Waals surface area (Å²) in [4.78, 5) is 25.1. The molecule has 1 saturated heterocycles. The quantitative estimate of drug-likeness (QED) is 0.117. The molecule has 0 aliphatic carbocycles. The van der Waals surface area contributed by atoms with E-state index in [1.165, 1.54) is 0 Å². The molecule has 0 N–H and O–H groups in total. The van der Waals surface area contributed by atoms with Gasteiger partial charge in [-0.15, -0.1) is 0 Å². The number of carbonyl (C=O) groups excluding carboxylic acids is 2. The Morgan fingerprint density at radius 1 is 0.920 bits per heavy atom. The summed E-state index contributed by atoms with van der Waals surface area (Å²) in [6, 6.07) is 27.0. The molecule has 1 aliphatic rings. The average Bonchev–Trinajstić information content (AvgIpc) is 3.45. The van der Waals surface area contributed by atoms with E-state index in [0.717, 1.165) is 34.4 Å². The molecule has 5 atom stereocenters. The first-order chi connectivity index (χ1) is 24.2. The Bertz CT molecular complexity index is 1670. The number of aryl methyl sites for hydroxylation is 1. The standard InChI is InChI=1S/C41H49FN2O6/c1-6-34-36(42)28(5)38(49-40(46)32-18-12-9-13-19-32)41(48-34)50-39-33(37(27(3)4)43-44(39)26-31-15-10-8-11-16-31)25-30-23-21-29(22-24-30)17-14-20-35(45)47-7-2/h8-13,15-16,18-19,21-24,27-28,34,36,38,41H,6-7,14,17,20,25-26H2,1-5H3/t28-,34+,36-,38+,41-/m0/s1. The van der Waals surface area contributed by atoms with Crippen molar-refractivity contribution in [2.45, 2.75) is 104 Å². The lowest BCUT2D eigenvalue weighted by Gasteiger charge is -2.41. The maximum Gasteiger partial charge on any atom is 0.338 e. The molecule has 1 aromatic heterocycles. The molecule has 2 heterocycles. The third-order valence-corrected chi connectivity index (χ3v) is 9.14. The summed E-state index contributed by atoms with van der Waals surface area (Å²) in [7, 11) is 0. The predicted octanol–water partition coefficient (Wildman–Crippen LogP) is 8.24. The first-order valence-electron chi connectivity index (χ1n) is 17.8. The third-order valence-electron chi connectivity index (χ3n) is 9.14. The first kappa shape index (κ1) is 36.8. The number of carbonyl (C=O) groups is 2. The van der Waals surface area contributed by atoms with Crippen LogP contribution in [0.1, 0.15) is 98.1 Å².